The standard InChI is InChI=1S/C24H22N4O3S/c1-17-13-14-19(16-22(17)27-32(30,31)21-11-7-4-8-12-21)25-24(29)23-15-18(2)28(26-23)20-9-5-3-6-10-20/h3-16,27H,1-2H3,(H,25,29). The van der Waals surface area contributed by atoms with Crippen molar-refractivity contribution >= 4 is 27.3 Å². The second-order valence-electron chi connectivity index (χ2n) is 7.32. The molecule has 1 aromatic heterocycles. The van der Waals surface area contributed by atoms with Gasteiger partial charge in [-0.25, -0.2) is 13.1 Å². The summed E-state index contributed by atoms with van der Waals surface area (Å²) in [5.41, 5.74) is 3.51. The number of nitrogens with one attached hydrogen (secondary N) is 2. The molecule has 0 saturated carbocycles. The van der Waals surface area contributed by atoms with Gasteiger partial charge in [-0.1, -0.05) is 42.5 Å². The van der Waals surface area contributed by atoms with Gasteiger partial charge >= 0.3 is 0 Å². The highest BCUT2D eigenvalue weighted by atomic mass is 32.2. The lowest BCUT2D eigenvalue weighted by Gasteiger charge is -2.12. The first kappa shape index (κ1) is 21.3. The lowest BCUT2D eigenvalue weighted by Crippen LogP contribution is -2.15. The van der Waals surface area contributed by atoms with E-state index in [0.29, 0.717) is 11.4 Å². The van der Waals surface area contributed by atoms with Crippen LogP contribution < -0.4 is 10.0 Å². The zero-order valence-corrected chi connectivity index (χ0v) is 18.4. The van der Waals surface area contributed by atoms with Crippen molar-refractivity contribution in [1.82, 2.24) is 9.78 Å². The van der Waals surface area contributed by atoms with Gasteiger partial charge in [0.2, 0.25) is 0 Å². The third kappa shape index (κ3) is 4.55. The molecular formula is C24H22N4O3S. The molecule has 0 aliphatic heterocycles. The zero-order chi connectivity index (χ0) is 22.7. The van der Waals surface area contributed by atoms with Gasteiger partial charge in [-0.05, 0) is 61.9 Å². The second-order valence-corrected chi connectivity index (χ2v) is 9.00. The quantitative estimate of drug-likeness (QED) is 0.455. The van der Waals surface area contributed by atoms with Crippen LogP contribution >= 0.6 is 0 Å². The lowest BCUT2D eigenvalue weighted by atomic mass is 10.2. The molecule has 0 fully saturated rings. The first-order valence-corrected chi connectivity index (χ1v) is 11.4. The van der Waals surface area contributed by atoms with E-state index < -0.39 is 10.0 Å². The number of anilines is 2. The molecule has 32 heavy (non-hydrogen) atoms. The van der Waals surface area contributed by atoms with Gasteiger partial charge in [0.25, 0.3) is 15.9 Å². The van der Waals surface area contributed by atoms with Crippen molar-refractivity contribution in [3.05, 3.63) is 102 Å². The third-order valence-electron chi connectivity index (χ3n) is 4.91. The van der Waals surface area contributed by atoms with Crippen LogP contribution in [0.15, 0.2) is 89.8 Å². The summed E-state index contributed by atoms with van der Waals surface area (Å²) < 4.78 is 29.6. The van der Waals surface area contributed by atoms with Gasteiger partial charge in [0.15, 0.2) is 5.69 Å². The van der Waals surface area contributed by atoms with E-state index in [0.717, 1.165) is 16.9 Å². The smallest absolute Gasteiger partial charge is 0.276 e. The molecule has 162 valence electrons. The number of rotatable bonds is 6. The van der Waals surface area contributed by atoms with Crippen LogP contribution in [0.2, 0.25) is 0 Å². The molecule has 0 atom stereocenters. The van der Waals surface area contributed by atoms with Crippen molar-refractivity contribution in [2.75, 3.05) is 10.0 Å². The molecular weight excluding hydrogens is 424 g/mol. The molecule has 0 saturated heterocycles. The summed E-state index contributed by atoms with van der Waals surface area (Å²) in [6.45, 7) is 3.67. The van der Waals surface area contributed by atoms with Crippen LogP contribution in [0.3, 0.4) is 0 Å². The Morgan fingerprint density at radius 3 is 2.22 bits per heavy atom. The highest BCUT2D eigenvalue weighted by Crippen LogP contribution is 2.24. The van der Waals surface area contributed by atoms with Crippen molar-refractivity contribution in [1.29, 1.82) is 0 Å². The maximum atomic E-state index is 12.8. The molecule has 0 spiro atoms. The number of aryl methyl sites for hydroxylation is 2. The molecule has 4 rings (SSSR count). The number of hydrogen-bond acceptors (Lipinski definition) is 4. The summed E-state index contributed by atoms with van der Waals surface area (Å²) in [7, 11) is -3.74. The number of sulfonamides is 1. The number of amides is 1. The van der Waals surface area contributed by atoms with Crippen LogP contribution in [0.4, 0.5) is 11.4 Å². The molecule has 0 aliphatic rings. The average molecular weight is 447 g/mol. The Labute approximate surface area is 186 Å². The summed E-state index contributed by atoms with van der Waals surface area (Å²) in [5, 5.41) is 7.20. The Balaban J connectivity index is 1.55. The minimum absolute atomic E-state index is 0.163. The van der Waals surface area contributed by atoms with Crippen molar-refractivity contribution in [3.63, 3.8) is 0 Å². The monoisotopic (exact) mass is 446 g/mol. The molecule has 0 unspecified atom stereocenters. The molecule has 0 aliphatic carbocycles. The summed E-state index contributed by atoms with van der Waals surface area (Å²) in [6, 6.07) is 24.4. The number of hydrogen-bond donors (Lipinski definition) is 2. The number of carbonyl (C=O) groups is 1. The maximum Gasteiger partial charge on any atom is 0.276 e. The molecule has 0 bridgehead atoms. The van der Waals surface area contributed by atoms with E-state index in [-0.39, 0.29) is 16.5 Å². The van der Waals surface area contributed by atoms with Gasteiger partial charge in [-0.15, -0.1) is 0 Å². The van der Waals surface area contributed by atoms with Crippen LogP contribution in [0.5, 0.6) is 0 Å². The van der Waals surface area contributed by atoms with Crippen LogP contribution in [0, 0.1) is 13.8 Å². The summed E-state index contributed by atoms with van der Waals surface area (Å²) in [5.74, 6) is -0.386. The number of aromatic nitrogens is 2. The first-order chi connectivity index (χ1) is 15.3. The van der Waals surface area contributed by atoms with E-state index in [2.05, 4.69) is 15.1 Å². The van der Waals surface area contributed by atoms with Crippen molar-refractivity contribution < 1.29 is 13.2 Å². The second kappa shape index (κ2) is 8.68. The van der Waals surface area contributed by atoms with Gasteiger partial charge < -0.3 is 5.32 Å². The molecule has 8 heteroatoms. The van der Waals surface area contributed by atoms with Gasteiger partial charge in [0.1, 0.15) is 0 Å². The highest BCUT2D eigenvalue weighted by Gasteiger charge is 2.17. The van der Waals surface area contributed by atoms with Crippen molar-refractivity contribution in [3.8, 4) is 5.69 Å². The fourth-order valence-electron chi connectivity index (χ4n) is 3.22. The van der Waals surface area contributed by atoms with E-state index in [1.165, 1.54) is 12.1 Å². The average Bonchev–Trinajstić information content (AvgIpc) is 3.19. The molecule has 0 radical (unpaired) electrons. The lowest BCUT2D eigenvalue weighted by molar-refractivity contribution is 0.102. The van der Waals surface area contributed by atoms with Gasteiger partial charge in [0, 0.05) is 11.4 Å². The van der Waals surface area contributed by atoms with Crippen LogP contribution in [0.25, 0.3) is 5.69 Å². The SMILES string of the molecule is Cc1ccc(NC(=O)c2cc(C)n(-c3ccccc3)n2)cc1NS(=O)(=O)c1ccccc1. The number of para-hydroxylation sites is 1. The minimum Gasteiger partial charge on any atom is -0.321 e. The Bertz CT molecular complexity index is 1370. The summed E-state index contributed by atoms with van der Waals surface area (Å²) >= 11 is 0. The largest absolute Gasteiger partial charge is 0.321 e. The van der Waals surface area contributed by atoms with Crippen LogP contribution in [-0.2, 0) is 10.0 Å². The summed E-state index contributed by atoms with van der Waals surface area (Å²) in [6.07, 6.45) is 0. The predicted octanol–water partition coefficient (Wildman–Crippen LogP) is 4.54. The first-order valence-electron chi connectivity index (χ1n) is 9.95. The van der Waals surface area contributed by atoms with E-state index in [1.54, 1.807) is 54.1 Å². The topological polar surface area (TPSA) is 93.1 Å². The Hall–Kier alpha value is -3.91. The molecule has 1 amide bonds. The molecule has 1 heterocycles. The number of carbonyl (C=O) groups excluding carboxylic acids is 1. The Kier molecular flexibility index (Phi) is 5.79. The Morgan fingerprint density at radius 1 is 0.875 bits per heavy atom. The normalized spacial score (nSPS) is 11.2. The van der Waals surface area contributed by atoms with Gasteiger partial charge in [0.05, 0.1) is 16.3 Å². The van der Waals surface area contributed by atoms with E-state index >= 15 is 0 Å². The van der Waals surface area contributed by atoms with Crippen LogP contribution in [0.1, 0.15) is 21.7 Å². The van der Waals surface area contributed by atoms with Crippen LogP contribution in [-0.4, -0.2) is 24.1 Å². The number of nitrogens with zero attached hydrogens (tertiary/aromatic N) is 2. The van der Waals surface area contributed by atoms with Gasteiger partial charge in [-0.2, -0.15) is 5.10 Å². The maximum absolute atomic E-state index is 12.8. The fraction of sp³-hybridized carbons (Fsp3) is 0.0833. The van der Waals surface area contributed by atoms with Gasteiger partial charge in [-0.3, -0.25) is 9.52 Å². The Morgan fingerprint density at radius 2 is 1.53 bits per heavy atom. The van der Waals surface area contributed by atoms with Crippen molar-refractivity contribution in [2.45, 2.75) is 18.7 Å². The third-order valence-corrected chi connectivity index (χ3v) is 6.30. The predicted molar refractivity (Wildman–Crippen MR) is 125 cm³/mol. The number of benzene rings is 3. The molecule has 3 aromatic carbocycles. The molecule has 7 nitrogen and oxygen atoms in total. The van der Waals surface area contributed by atoms with E-state index in [4.69, 9.17) is 0 Å². The zero-order valence-electron chi connectivity index (χ0n) is 17.6. The van der Waals surface area contributed by atoms with Crippen molar-refractivity contribution in [2.24, 2.45) is 0 Å². The fourth-order valence-corrected chi connectivity index (χ4v) is 4.37. The van der Waals surface area contributed by atoms with E-state index in [1.807, 2.05) is 37.3 Å². The summed E-state index contributed by atoms with van der Waals surface area (Å²) in [4.78, 5) is 13.0. The molecule has 4 aromatic rings. The molecule has 2 N–H and O–H groups in total. The highest BCUT2D eigenvalue weighted by molar-refractivity contribution is 7.92. The minimum atomic E-state index is -3.74. The van der Waals surface area contributed by atoms with E-state index in [9.17, 15) is 13.2 Å².